The Kier molecular flexibility index (Phi) is 6.36. The van der Waals surface area contributed by atoms with E-state index in [0.717, 1.165) is 5.69 Å². The summed E-state index contributed by atoms with van der Waals surface area (Å²) in [7, 11) is 0. The summed E-state index contributed by atoms with van der Waals surface area (Å²) in [6, 6.07) is 64.9. The van der Waals surface area contributed by atoms with E-state index < -0.39 is 0 Å². The largest absolute Gasteiger partial charge is 0.309 e. The first-order chi connectivity index (χ1) is 25.3. The number of aromatic nitrogens is 1. The molecular formula is C48H29NS2. The van der Waals surface area contributed by atoms with E-state index in [0.29, 0.717) is 0 Å². The van der Waals surface area contributed by atoms with Crippen LogP contribution in [0, 0.1) is 0 Å². The average molecular weight is 684 g/mol. The fourth-order valence-corrected chi connectivity index (χ4v) is 10.1. The second-order valence-electron chi connectivity index (χ2n) is 13.3. The minimum absolute atomic E-state index is 1.16. The molecule has 0 aliphatic carbocycles. The standard InChI is InChI=1S/C48H29NS2/c1-2-9-30(10-3-1)31-17-22-35(23-18-31)49-43-15-6-4-11-37(43)39-14-8-13-36(48(39)49)34-21-26-47-42(29-34)41-28-33(20-25-46(41)51-47)32-19-24-45-40(27-32)38-12-5-7-16-44(38)50-45/h1-29H. The van der Waals surface area contributed by atoms with Crippen LogP contribution in [0.5, 0.6) is 0 Å². The smallest absolute Gasteiger partial charge is 0.0619 e. The fourth-order valence-electron chi connectivity index (χ4n) is 7.98. The van der Waals surface area contributed by atoms with Gasteiger partial charge in [0, 0.05) is 62.4 Å². The molecule has 0 atom stereocenters. The Balaban J connectivity index is 1.08. The predicted molar refractivity (Wildman–Crippen MR) is 223 cm³/mol. The molecule has 8 aromatic carbocycles. The van der Waals surface area contributed by atoms with Crippen LogP contribution in [0.2, 0.25) is 0 Å². The van der Waals surface area contributed by atoms with Gasteiger partial charge in [-0.25, -0.2) is 0 Å². The van der Waals surface area contributed by atoms with Gasteiger partial charge in [0.2, 0.25) is 0 Å². The number of hydrogen-bond acceptors (Lipinski definition) is 2. The van der Waals surface area contributed by atoms with E-state index in [1.54, 1.807) is 0 Å². The summed E-state index contributed by atoms with van der Waals surface area (Å²) in [5.41, 5.74) is 11.1. The van der Waals surface area contributed by atoms with Crippen molar-refractivity contribution in [3.05, 3.63) is 176 Å². The first-order valence-corrected chi connectivity index (χ1v) is 19.0. The van der Waals surface area contributed by atoms with Crippen molar-refractivity contribution in [2.75, 3.05) is 0 Å². The van der Waals surface area contributed by atoms with Gasteiger partial charge >= 0.3 is 0 Å². The maximum absolute atomic E-state index is 2.45. The highest BCUT2D eigenvalue weighted by Crippen LogP contribution is 2.43. The van der Waals surface area contributed by atoms with E-state index in [1.165, 1.54) is 95.5 Å². The van der Waals surface area contributed by atoms with Gasteiger partial charge in [0.15, 0.2) is 0 Å². The maximum atomic E-state index is 2.45. The zero-order valence-electron chi connectivity index (χ0n) is 27.5. The van der Waals surface area contributed by atoms with E-state index in [2.05, 4.69) is 180 Å². The van der Waals surface area contributed by atoms with Gasteiger partial charge in [-0.05, 0) is 88.5 Å². The van der Waals surface area contributed by atoms with Gasteiger partial charge in [-0.1, -0.05) is 115 Å². The zero-order chi connectivity index (χ0) is 33.5. The molecule has 0 saturated heterocycles. The van der Waals surface area contributed by atoms with Crippen molar-refractivity contribution in [3.63, 3.8) is 0 Å². The Hall–Kier alpha value is -6.00. The highest BCUT2D eigenvalue weighted by molar-refractivity contribution is 7.26. The van der Waals surface area contributed by atoms with E-state index in [9.17, 15) is 0 Å². The SMILES string of the molecule is c1ccc(-c2ccc(-n3c4ccccc4c4cccc(-c5ccc6sc7ccc(-c8ccc9sc%10ccccc%10c9c8)cc7c6c5)c43)cc2)cc1. The van der Waals surface area contributed by atoms with Crippen molar-refractivity contribution in [3.8, 4) is 39.1 Å². The van der Waals surface area contributed by atoms with Crippen molar-refractivity contribution < 1.29 is 0 Å². The Bertz CT molecular complexity index is 3120. The Morgan fingerprint density at radius 2 is 0.824 bits per heavy atom. The number of hydrogen-bond donors (Lipinski definition) is 0. The topological polar surface area (TPSA) is 4.93 Å². The van der Waals surface area contributed by atoms with E-state index >= 15 is 0 Å². The third-order valence-corrected chi connectivity index (χ3v) is 12.7. The molecule has 238 valence electrons. The lowest BCUT2D eigenvalue weighted by Gasteiger charge is -2.13. The number of benzene rings is 8. The first-order valence-electron chi connectivity index (χ1n) is 17.3. The molecule has 11 rings (SSSR count). The molecule has 0 amide bonds. The minimum atomic E-state index is 1.16. The summed E-state index contributed by atoms with van der Waals surface area (Å²) in [6.45, 7) is 0. The average Bonchev–Trinajstić information content (AvgIpc) is 3.87. The molecule has 0 saturated carbocycles. The molecule has 0 aliphatic rings. The molecule has 0 fully saturated rings. The van der Waals surface area contributed by atoms with E-state index in [4.69, 9.17) is 0 Å². The highest BCUT2D eigenvalue weighted by atomic mass is 32.1. The third kappa shape index (κ3) is 4.52. The molecule has 3 heteroatoms. The highest BCUT2D eigenvalue weighted by Gasteiger charge is 2.18. The number of thiophene rings is 2. The van der Waals surface area contributed by atoms with Crippen LogP contribution in [0.1, 0.15) is 0 Å². The van der Waals surface area contributed by atoms with Crippen LogP contribution in [0.3, 0.4) is 0 Å². The van der Waals surface area contributed by atoms with Crippen LogP contribution in [-0.2, 0) is 0 Å². The second-order valence-corrected chi connectivity index (χ2v) is 15.5. The van der Waals surface area contributed by atoms with E-state index in [-0.39, 0.29) is 0 Å². The van der Waals surface area contributed by atoms with Crippen molar-refractivity contribution in [2.24, 2.45) is 0 Å². The van der Waals surface area contributed by atoms with Gasteiger partial charge in [-0.15, -0.1) is 22.7 Å². The minimum Gasteiger partial charge on any atom is -0.309 e. The molecule has 3 heterocycles. The van der Waals surface area contributed by atoms with Crippen molar-refractivity contribution >= 4 is 84.8 Å². The molecule has 0 bridgehead atoms. The summed E-state index contributed by atoms with van der Waals surface area (Å²) in [6.07, 6.45) is 0. The number of nitrogens with zero attached hydrogens (tertiary/aromatic N) is 1. The fraction of sp³-hybridized carbons (Fsp3) is 0. The summed E-state index contributed by atoms with van der Waals surface area (Å²) in [4.78, 5) is 0. The van der Waals surface area contributed by atoms with E-state index in [1.807, 2.05) is 22.7 Å². The van der Waals surface area contributed by atoms with Crippen LogP contribution in [0.25, 0.3) is 101 Å². The van der Waals surface area contributed by atoms with Crippen LogP contribution < -0.4 is 0 Å². The van der Waals surface area contributed by atoms with Gasteiger partial charge in [0.05, 0.1) is 11.0 Å². The zero-order valence-corrected chi connectivity index (χ0v) is 29.1. The number of para-hydroxylation sites is 2. The Morgan fingerprint density at radius 3 is 1.55 bits per heavy atom. The van der Waals surface area contributed by atoms with Gasteiger partial charge in [-0.2, -0.15) is 0 Å². The molecule has 0 aliphatic heterocycles. The summed E-state index contributed by atoms with van der Waals surface area (Å²) < 4.78 is 7.76. The normalized spacial score (nSPS) is 11.9. The molecule has 51 heavy (non-hydrogen) atoms. The van der Waals surface area contributed by atoms with Crippen LogP contribution in [0.15, 0.2) is 176 Å². The Labute approximate surface area is 302 Å². The maximum Gasteiger partial charge on any atom is 0.0619 e. The number of rotatable bonds is 4. The summed E-state index contributed by atoms with van der Waals surface area (Å²) >= 11 is 3.75. The third-order valence-electron chi connectivity index (χ3n) is 10.4. The quantitative estimate of drug-likeness (QED) is 0.174. The van der Waals surface area contributed by atoms with Crippen LogP contribution >= 0.6 is 22.7 Å². The molecule has 0 N–H and O–H groups in total. The summed E-state index contributed by atoms with van der Waals surface area (Å²) in [5.74, 6) is 0. The molecular weight excluding hydrogens is 655 g/mol. The van der Waals surface area contributed by atoms with Gasteiger partial charge in [0.25, 0.3) is 0 Å². The van der Waals surface area contributed by atoms with Crippen LogP contribution in [-0.4, -0.2) is 4.57 Å². The molecule has 11 aromatic rings. The molecule has 3 aromatic heterocycles. The van der Waals surface area contributed by atoms with Gasteiger partial charge in [-0.3, -0.25) is 0 Å². The lowest BCUT2D eigenvalue weighted by molar-refractivity contribution is 1.18. The second kappa shape index (κ2) is 11.3. The monoisotopic (exact) mass is 683 g/mol. The van der Waals surface area contributed by atoms with Gasteiger partial charge < -0.3 is 4.57 Å². The number of fused-ring (bicyclic) bond motifs is 9. The predicted octanol–water partition coefficient (Wildman–Crippen LogP) is 14.5. The first kappa shape index (κ1) is 28.8. The molecule has 0 radical (unpaired) electrons. The van der Waals surface area contributed by atoms with Crippen molar-refractivity contribution in [2.45, 2.75) is 0 Å². The summed E-state index contributed by atoms with van der Waals surface area (Å²) in [5, 5.41) is 7.83. The molecule has 0 spiro atoms. The van der Waals surface area contributed by atoms with Crippen LogP contribution in [0.4, 0.5) is 0 Å². The van der Waals surface area contributed by atoms with Crippen molar-refractivity contribution in [1.82, 2.24) is 4.57 Å². The Morgan fingerprint density at radius 1 is 0.314 bits per heavy atom. The van der Waals surface area contributed by atoms with Gasteiger partial charge in [0.1, 0.15) is 0 Å². The molecule has 0 unspecified atom stereocenters. The lowest BCUT2D eigenvalue weighted by Crippen LogP contribution is -1.95. The lowest BCUT2D eigenvalue weighted by atomic mass is 9.98. The molecule has 1 nitrogen and oxygen atoms in total. The van der Waals surface area contributed by atoms with Crippen molar-refractivity contribution in [1.29, 1.82) is 0 Å².